The van der Waals surface area contributed by atoms with Gasteiger partial charge in [0, 0.05) is 17.1 Å². The van der Waals surface area contributed by atoms with Crippen molar-refractivity contribution in [1.82, 2.24) is 15.2 Å². The molecule has 0 radical (unpaired) electrons. The number of pyridine rings is 1. The minimum Gasteiger partial charge on any atom is -0.351 e. The summed E-state index contributed by atoms with van der Waals surface area (Å²) in [7, 11) is 0. The molecule has 1 saturated carbocycles. The lowest BCUT2D eigenvalue weighted by Crippen LogP contribution is -2.47. The number of thiophene rings is 1. The van der Waals surface area contributed by atoms with Gasteiger partial charge in [-0.05, 0) is 53.5 Å². The summed E-state index contributed by atoms with van der Waals surface area (Å²) in [5.41, 5.74) is 2.36. The molecule has 2 aromatic heterocycles. The number of benzene rings is 1. The molecule has 0 unspecified atom stereocenters. The van der Waals surface area contributed by atoms with Gasteiger partial charge in [0.15, 0.2) is 0 Å². The highest BCUT2D eigenvalue weighted by Gasteiger charge is 2.34. The van der Waals surface area contributed by atoms with Crippen LogP contribution in [0.25, 0.3) is 0 Å². The third kappa shape index (κ3) is 5.92. The fourth-order valence-corrected chi connectivity index (χ4v) is 5.25. The third-order valence-electron chi connectivity index (χ3n) is 6.48. The molecule has 2 heterocycles. The number of nitrogens with one attached hydrogen (secondary N) is 1. The molecule has 6 heteroatoms. The average Bonchev–Trinajstić information content (AvgIpc) is 3.38. The van der Waals surface area contributed by atoms with Crippen molar-refractivity contribution in [3.05, 3.63) is 87.9 Å². The van der Waals surface area contributed by atoms with E-state index >= 15 is 0 Å². The van der Waals surface area contributed by atoms with E-state index < -0.39 is 6.04 Å². The number of nitrogens with zero attached hydrogens (tertiary/aromatic N) is 2. The molecule has 1 atom stereocenters. The number of hydrogen-bond donors (Lipinski definition) is 1. The third-order valence-corrected chi connectivity index (χ3v) is 7.34. The monoisotopic (exact) mass is 475 g/mol. The Bertz CT molecular complexity index is 1060. The second-order valence-corrected chi connectivity index (χ2v) is 10.3. The van der Waals surface area contributed by atoms with Gasteiger partial charge in [-0.1, -0.05) is 69.5 Å². The minimum absolute atomic E-state index is 0.120. The number of carbonyl (C=O) groups excluding carboxylic acids is 2. The van der Waals surface area contributed by atoms with Crippen molar-refractivity contribution >= 4 is 23.2 Å². The van der Waals surface area contributed by atoms with E-state index in [-0.39, 0.29) is 17.9 Å². The molecule has 0 spiro atoms. The number of aromatic nitrogens is 1. The summed E-state index contributed by atoms with van der Waals surface area (Å²) in [5, 5.41) is 5.26. The van der Waals surface area contributed by atoms with Crippen LogP contribution in [0.15, 0.2) is 66.2 Å². The van der Waals surface area contributed by atoms with Crippen LogP contribution < -0.4 is 5.32 Å². The quantitative estimate of drug-likeness (QED) is 0.428. The molecule has 1 fully saturated rings. The molecule has 178 valence electrons. The summed E-state index contributed by atoms with van der Waals surface area (Å²) < 4.78 is 0. The van der Waals surface area contributed by atoms with Crippen molar-refractivity contribution in [2.24, 2.45) is 0 Å². The molecule has 0 aliphatic heterocycles. The van der Waals surface area contributed by atoms with Gasteiger partial charge in [0.1, 0.15) is 11.7 Å². The van der Waals surface area contributed by atoms with Crippen LogP contribution in [0.5, 0.6) is 0 Å². The molecule has 0 saturated heterocycles. The zero-order valence-corrected chi connectivity index (χ0v) is 20.8. The second kappa shape index (κ2) is 11.4. The van der Waals surface area contributed by atoms with Gasteiger partial charge < -0.3 is 10.2 Å². The van der Waals surface area contributed by atoms with Gasteiger partial charge in [0.2, 0.25) is 5.91 Å². The fourth-order valence-electron chi connectivity index (χ4n) is 4.55. The van der Waals surface area contributed by atoms with Crippen LogP contribution in [0.4, 0.5) is 0 Å². The Kier molecular flexibility index (Phi) is 8.12. The zero-order valence-electron chi connectivity index (χ0n) is 19.9. The van der Waals surface area contributed by atoms with Crippen molar-refractivity contribution in [2.75, 3.05) is 0 Å². The second-order valence-electron chi connectivity index (χ2n) is 9.29. The maximum atomic E-state index is 13.8. The zero-order chi connectivity index (χ0) is 23.9. The van der Waals surface area contributed by atoms with E-state index in [4.69, 9.17) is 0 Å². The highest BCUT2D eigenvalue weighted by Crippen LogP contribution is 2.29. The Morgan fingerprint density at radius 2 is 1.74 bits per heavy atom. The summed E-state index contributed by atoms with van der Waals surface area (Å²) >= 11 is 1.58. The standard InChI is InChI=1S/C28H33N3O2S/c1-20(2)21-13-15-22(16-14-21)26(27(32)30-23-9-4-3-5-10-23)31(19-24-11-8-18-34-24)28(33)25-12-6-7-17-29-25/h6-8,11-18,20,23,26H,3-5,9-10,19H2,1-2H3,(H,30,32)/t26-/m1/s1. The highest BCUT2D eigenvalue weighted by atomic mass is 32.1. The summed E-state index contributed by atoms with van der Waals surface area (Å²) in [6.45, 7) is 4.65. The van der Waals surface area contributed by atoms with E-state index in [0.29, 0.717) is 18.2 Å². The molecule has 34 heavy (non-hydrogen) atoms. The smallest absolute Gasteiger partial charge is 0.273 e. The lowest BCUT2D eigenvalue weighted by Gasteiger charge is -2.33. The topological polar surface area (TPSA) is 62.3 Å². The van der Waals surface area contributed by atoms with Gasteiger partial charge in [0.25, 0.3) is 5.91 Å². The normalized spacial score (nSPS) is 15.1. The van der Waals surface area contributed by atoms with Crippen molar-refractivity contribution in [1.29, 1.82) is 0 Å². The molecular formula is C28H33N3O2S. The van der Waals surface area contributed by atoms with Crippen molar-refractivity contribution < 1.29 is 9.59 Å². The summed E-state index contributed by atoms with van der Waals surface area (Å²) in [5.74, 6) is 0.0247. The molecular weight excluding hydrogens is 442 g/mol. The van der Waals surface area contributed by atoms with Crippen LogP contribution >= 0.6 is 11.3 Å². The SMILES string of the molecule is CC(C)c1ccc([C@H](C(=O)NC2CCCCC2)N(Cc2cccs2)C(=O)c2ccccn2)cc1. The lowest BCUT2D eigenvalue weighted by molar-refractivity contribution is -0.127. The van der Waals surface area contributed by atoms with Crippen LogP contribution in [0, 0.1) is 0 Å². The first kappa shape index (κ1) is 24.1. The number of carbonyl (C=O) groups is 2. The van der Waals surface area contributed by atoms with Gasteiger partial charge in [-0.3, -0.25) is 14.6 Å². The Morgan fingerprint density at radius 3 is 2.35 bits per heavy atom. The Hall–Kier alpha value is -2.99. The van der Waals surface area contributed by atoms with Gasteiger partial charge in [-0.2, -0.15) is 0 Å². The van der Waals surface area contributed by atoms with Gasteiger partial charge in [-0.15, -0.1) is 11.3 Å². The fraction of sp³-hybridized carbons (Fsp3) is 0.393. The predicted octanol–water partition coefficient (Wildman–Crippen LogP) is 6.10. The first-order valence-corrected chi connectivity index (χ1v) is 13.1. The van der Waals surface area contributed by atoms with E-state index in [1.54, 1.807) is 40.6 Å². The molecule has 1 aliphatic carbocycles. The van der Waals surface area contributed by atoms with Gasteiger partial charge in [0.05, 0.1) is 6.54 Å². The highest BCUT2D eigenvalue weighted by molar-refractivity contribution is 7.09. The van der Waals surface area contributed by atoms with Gasteiger partial charge >= 0.3 is 0 Å². The van der Waals surface area contributed by atoms with Crippen LogP contribution in [0.2, 0.25) is 0 Å². The maximum absolute atomic E-state index is 13.8. The molecule has 5 nitrogen and oxygen atoms in total. The van der Waals surface area contributed by atoms with E-state index in [1.165, 1.54) is 12.0 Å². The molecule has 1 aliphatic rings. The molecule has 1 N–H and O–H groups in total. The molecule has 0 bridgehead atoms. The Labute approximate surface area is 206 Å². The predicted molar refractivity (Wildman–Crippen MR) is 137 cm³/mol. The van der Waals surface area contributed by atoms with E-state index in [2.05, 4.69) is 36.3 Å². The first-order chi connectivity index (χ1) is 16.5. The molecule has 2 amide bonds. The molecule has 1 aromatic carbocycles. The largest absolute Gasteiger partial charge is 0.351 e. The maximum Gasteiger partial charge on any atom is 0.273 e. The summed E-state index contributed by atoms with van der Waals surface area (Å²) in [6, 6.07) is 16.8. The van der Waals surface area contributed by atoms with Crippen LogP contribution in [0.3, 0.4) is 0 Å². The van der Waals surface area contributed by atoms with Crippen LogP contribution in [0.1, 0.15) is 84.4 Å². The molecule has 4 rings (SSSR count). The van der Waals surface area contributed by atoms with E-state index in [9.17, 15) is 9.59 Å². The molecule has 3 aromatic rings. The minimum atomic E-state index is -0.736. The number of amides is 2. The lowest BCUT2D eigenvalue weighted by atomic mass is 9.94. The van der Waals surface area contributed by atoms with Crippen LogP contribution in [-0.4, -0.2) is 27.7 Å². The first-order valence-electron chi connectivity index (χ1n) is 12.2. The number of hydrogen-bond acceptors (Lipinski definition) is 4. The summed E-state index contributed by atoms with van der Waals surface area (Å²) in [6.07, 6.45) is 7.07. The van der Waals surface area contributed by atoms with Crippen molar-refractivity contribution in [2.45, 2.75) is 70.5 Å². The average molecular weight is 476 g/mol. The van der Waals surface area contributed by atoms with Gasteiger partial charge in [-0.25, -0.2) is 0 Å². The van der Waals surface area contributed by atoms with Crippen LogP contribution in [-0.2, 0) is 11.3 Å². The summed E-state index contributed by atoms with van der Waals surface area (Å²) in [4.78, 5) is 34.6. The van der Waals surface area contributed by atoms with Crippen molar-refractivity contribution in [3.63, 3.8) is 0 Å². The Balaban J connectivity index is 1.72. The van der Waals surface area contributed by atoms with E-state index in [1.807, 2.05) is 29.6 Å². The Morgan fingerprint density at radius 1 is 1.00 bits per heavy atom. The van der Waals surface area contributed by atoms with Crippen molar-refractivity contribution in [3.8, 4) is 0 Å². The number of rotatable bonds is 8. The van der Waals surface area contributed by atoms with E-state index in [0.717, 1.165) is 36.1 Å².